The van der Waals surface area contributed by atoms with E-state index in [4.69, 9.17) is 0 Å². The van der Waals surface area contributed by atoms with E-state index >= 15 is 0 Å². The summed E-state index contributed by atoms with van der Waals surface area (Å²) in [4.78, 5) is 34.5. The second-order valence-electron chi connectivity index (χ2n) is 4.71. The van der Waals surface area contributed by atoms with E-state index in [9.17, 15) is 14.4 Å². The monoisotopic (exact) mass is 303 g/mol. The molecule has 1 N–H and O–H groups in total. The second kappa shape index (κ2) is 7.35. The summed E-state index contributed by atoms with van der Waals surface area (Å²) in [7, 11) is 1.33. The number of fused-ring (bicyclic) bond motifs is 1. The van der Waals surface area contributed by atoms with Crippen molar-refractivity contribution in [3.05, 3.63) is 40.7 Å². The number of benzene rings is 1. The maximum atomic E-state index is 11.9. The van der Waals surface area contributed by atoms with Gasteiger partial charge in [-0.25, -0.2) is 0 Å². The zero-order valence-electron chi connectivity index (χ0n) is 12.2. The lowest BCUT2D eigenvalue weighted by Crippen LogP contribution is -2.30. The lowest BCUT2D eigenvalue weighted by molar-refractivity contribution is -0.140. The number of rotatable bonds is 6. The minimum absolute atomic E-state index is 0.0129. The molecule has 1 heterocycles. The number of aromatic nitrogens is 2. The van der Waals surface area contributed by atoms with Crippen molar-refractivity contribution in [2.75, 3.05) is 13.7 Å². The van der Waals surface area contributed by atoms with Crippen LogP contribution in [-0.4, -0.2) is 35.3 Å². The molecule has 0 spiro atoms. The van der Waals surface area contributed by atoms with Crippen molar-refractivity contribution in [2.45, 2.75) is 19.4 Å². The fourth-order valence-electron chi connectivity index (χ4n) is 2.04. The number of para-hydroxylation sites is 1. The van der Waals surface area contributed by atoms with E-state index in [2.05, 4.69) is 15.2 Å². The van der Waals surface area contributed by atoms with Gasteiger partial charge in [-0.3, -0.25) is 19.1 Å². The molecule has 0 saturated heterocycles. The second-order valence-corrected chi connectivity index (χ2v) is 4.71. The summed E-state index contributed by atoms with van der Waals surface area (Å²) >= 11 is 0. The molecule has 0 fully saturated rings. The van der Waals surface area contributed by atoms with Gasteiger partial charge in [0, 0.05) is 18.4 Å². The molecular formula is C15H17N3O4. The molecule has 22 heavy (non-hydrogen) atoms. The smallest absolute Gasteiger partial charge is 0.305 e. The van der Waals surface area contributed by atoms with Crippen LogP contribution in [0.4, 0.5) is 0 Å². The van der Waals surface area contributed by atoms with Crippen LogP contribution in [0.5, 0.6) is 0 Å². The van der Waals surface area contributed by atoms with Crippen molar-refractivity contribution in [3.8, 4) is 0 Å². The number of hydrogen-bond acceptors (Lipinski definition) is 5. The number of nitrogens with one attached hydrogen (secondary N) is 1. The molecule has 0 radical (unpaired) electrons. The molecule has 0 aliphatic heterocycles. The third-order valence-electron chi connectivity index (χ3n) is 3.16. The van der Waals surface area contributed by atoms with E-state index < -0.39 is 0 Å². The van der Waals surface area contributed by atoms with Crippen molar-refractivity contribution in [2.24, 2.45) is 0 Å². The van der Waals surface area contributed by atoms with Crippen molar-refractivity contribution in [1.29, 1.82) is 0 Å². The Hall–Kier alpha value is -2.70. The summed E-state index contributed by atoms with van der Waals surface area (Å²) in [5.74, 6) is -0.534. The van der Waals surface area contributed by atoms with E-state index in [-0.39, 0.29) is 30.3 Å². The van der Waals surface area contributed by atoms with Gasteiger partial charge in [0.05, 0.1) is 18.8 Å². The standard InChI is InChI=1S/C15H17N3O4/c1-22-15(21)7-4-8-16-14(20)10-18-12-6-3-2-5-11(12)13(19)9-17-18/h2-3,5-6,9H,4,7-8,10H2,1H3,(H,16,20). The van der Waals surface area contributed by atoms with Crippen LogP contribution in [0, 0.1) is 0 Å². The van der Waals surface area contributed by atoms with Crippen LogP contribution in [0.3, 0.4) is 0 Å². The Morgan fingerprint density at radius 2 is 2.09 bits per heavy atom. The van der Waals surface area contributed by atoms with Gasteiger partial charge in [0.2, 0.25) is 11.3 Å². The molecule has 1 amide bonds. The molecule has 1 aromatic carbocycles. The topological polar surface area (TPSA) is 90.3 Å². The van der Waals surface area contributed by atoms with Crippen LogP contribution in [0.25, 0.3) is 10.9 Å². The molecule has 7 nitrogen and oxygen atoms in total. The Morgan fingerprint density at radius 3 is 2.86 bits per heavy atom. The molecule has 0 unspecified atom stereocenters. The number of amides is 1. The molecule has 0 bridgehead atoms. The van der Waals surface area contributed by atoms with Crippen LogP contribution in [0.2, 0.25) is 0 Å². The Morgan fingerprint density at radius 1 is 1.32 bits per heavy atom. The maximum Gasteiger partial charge on any atom is 0.305 e. The first-order chi connectivity index (χ1) is 10.6. The van der Waals surface area contributed by atoms with Gasteiger partial charge in [-0.05, 0) is 18.6 Å². The minimum atomic E-state index is -0.303. The predicted octanol–water partition coefficient (Wildman–Crippen LogP) is 0.466. The molecule has 7 heteroatoms. The van der Waals surface area contributed by atoms with E-state index in [1.807, 2.05) is 0 Å². The van der Waals surface area contributed by atoms with Crippen molar-refractivity contribution in [3.63, 3.8) is 0 Å². The highest BCUT2D eigenvalue weighted by Gasteiger charge is 2.08. The number of nitrogens with zero attached hydrogens (tertiary/aromatic N) is 2. The van der Waals surface area contributed by atoms with E-state index in [0.717, 1.165) is 0 Å². The summed E-state index contributed by atoms with van der Waals surface area (Å²) in [5, 5.41) is 7.21. The average Bonchev–Trinajstić information content (AvgIpc) is 2.54. The number of methoxy groups -OCH3 is 1. The van der Waals surface area contributed by atoms with Crippen LogP contribution >= 0.6 is 0 Å². The minimum Gasteiger partial charge on any atom is -0.469 e. The zero-order chi connectivity index (χ0) is 15.9. The molecule has 1 aromatic heterocycles. The highest BCUT2D eigenvalue weighted by atomic mass is 16.5. The van der Waals surface area contributed by atoms with Crippen molar-refractivity contribution < 1.29 is 14.3 Å². The van der Waals surface area contributed by atoms with Gasteiger partial charge in [0.15, 0.2) is 0 Å². The molecular weight excluding hydrogens is 286 g/mol. The third-order valence-corrected chi connectivity index (χ3v) is 3.16. The molecule has 2 aromatic rings. The van der Waals surface area contributed by atoms with Gasteiger partial charge in [-0.2, -0.15) is 5.10 Å². The van der Waals surface area contributed by atoms with Crippen molar-refractivity contribution in [1.82, 2.24) is 15.1 Å². The zero-order valence-corrected chi connectivity index (χ0v) is 12.2. The molecule has 0 aliphatic rings. The fraction of sp³-hybridized carbons (Fsp3) is 0.333. The van der Waals surface area contributed by atoms with Gasteiger partial charge < -0.3 is 10.1 Å². The lowest BCUT2D eigenvalue weighted by atomic mass is 10.2. The van der Waals surface area contributed by atoms with Gasteiger partial charge in [-0.15, -0.1) is 0 Å². The Kier molecular flexibility index (Phi) is 5.24. The SMILES string of the molecule is COC(=O)CCCNC(=O)Cn1ncc(=O)c2ccccc21. The quantitative estimate of drug-likeness (QED) is 0.618. The van der Waals surface area contributed by atoms with Crippen LogP contribution in [-0.2, 0) is 20.9 Å². The lowest BCUT2D eigenvalue weighted by Gasteiger charge is -2.09. The highest BCUT2D eigenvalue weighted by Crippen LogP contribution is 2.07. The first-order valence-electron chi connectivity index (χ1n) is 6.90. The van der Waals surface area contributed by atoms with E-state index in [0.29, 0.717) is 23.9 Å². The Labute approximate surface area is 126 Å². The first-order valence-corrected chi connectivity index (χ1v) is 6.90. The Balaban J connectivity index is 1.96. The maximum absolute atomic E-state index is 11.9. The van der Waals surface area contributed by atoms with Crippen molar-refractivity contribution >= 4 is 22.8 Å². The summed E-state index contributed by atoms with van der Waals surface area (Å²) in [6, 6.07) is 6.99. The molecule has 0 aliphatic carbocycles. The van der Waals surface area contributed by atoms with Gasteiger partial charge in [-0.1, -0.05) is 12.1 Å². The molecule has 116 valence electrons. The highest BCUT2D eigenvalue weighted by molar-refractivity contribution is 5.81. The third kappa shape index (κ3) is 3.91. The first kappa shape index (κ1) is 15.7. The number of carbonyl (C=O) groups is 2. The number of hydrogen-bond donors (Lipinski definition) is 1. The summed E-state index contributed by atoms with van der Waals surface area (Å²) in [6.45, 7) is 0.394. The fourth-order valence-corrected chi connectivity index (χ4v) is 2.04. The average molecular weight is 303 g/mol. The number of esters is 1. The summed E-state index contributed by atoms with van der Waals surface area (Å²) in [6.07, 6.45) is 1.97. The summed E-state index contributed by atoms with van der Waals surface area (Å²) < 4.78 is 6.00. The van der Waals surface area contributed by atoms with Gasteiger partial charge in [0.25, 0.3) is 0 Å². The normalized spacial score (nSPS) is 10.4. The number of carbonyl (C=O) groups excluding carboxylic acids is 2. The van der Waals surface area contributed by atoms with E-state index in [1.165, 1.54) is 18.0 Å². The van der Waals surface area contributed by atoms with Gasteiger partial charge >= 0.3 is 5.97 Å². The number of ether oxygens (including phenoxy) is 1. The van der Waals surface area contributed by atoms with E-state index in [1.54, 1.807) is 24.3 Å². The molecule has 2 rings (SSSR count). The van der Waals surface area contributed by atoms with Crippen LogP contribution < -0.4 is 10.7 Å². The van der Waals surface area contributed by atoms with Gasteiger partial charge in [0.1, 0.15) is 6.54 Å². The molecule has 0 saturated carbocycles. The largest absolute Gasteiger partial charge is 0.469 e. The van der Waals surface area contributed by atoms with Crippen LogP contribution in [0.1, 0.15) is 12.8 Å². The predicted molar refractivity (Wildman–Crippen MR) is 80.3 cm³/mol. The molecule has 0 atom stereocenters. The summed E-state index contributed by atoms with van der Waals surface area (Å²) in [5.41, 5.74) is 0.435. The Bertz CT molecular complexity index is 739. The van der Waals surface area contributed by atoms with Crippen LogP contribution in [0.15, 0.2) is 35.3 Å².